The molecule has 1 N–H and O–H groups in total. The number of anilines is 1. The molecule has 0 heterocycles. The van der Waals surface area contributed by atoms with Gasteiger partial charge in [0.1, 0.15) is 11.5 Å². The molecule has 0 bridgehead atoms. The van der Waals surface area contributed by atoms with Crippen LogP contribution in [-0.2, 0) is 11.2 Å². The fraction of sp³-hybridized carbons (Fsp3) is 0.136. The number of amides is 1. The third kappa shape index (κ3) is 6.39. The van der Waals surface area contributed by atoms with Crippen molar-refractivity contribution in [3.8, 4) is 11.5 Å². The fourth-order valence-electron chi connectivity index (χ4n) is 2.53. The molecule has 28 heavy (non-hydrogen) atoms. The predicted octanol–water partition coefficient (Wildman–Crippen LogP) is 5.85. The largest absolute Gasteiger partial charge is 0.493 e. The van der Waals surface area contributed by atoms with Gasteiger partial charge in [0.2, 0.25) is 0 Å². The van der Waals surface area contributed by atoms with Crippen LogP contribution in [-0.4, -0.2) is 19.1 Å². The molecule has 0 atom stereocenters. The van der Waals surface area contributed by atoms with E-state index < -0.39 is 0 Å². The fourth-order valence-corrected chi connectivity index (χ4v) is 3.69. The molecular formula is C22H19Br2NO3. The van der Waals surface area contributed by atoms with Crippen LogP contribution in [0.4, 0.5) is 5.69 Å². The van der Waals surface area contributed by atoms with Crippen molar-refractivity contribution in [2.45, 2.75) is 6.42 Å². The summed E-state index contributed by atoms with van der Waals surface area (Å²) in [6, 6.07) is 23.0. The molecule has 0 saturated heterocycles. The second kappa shape index (κ2) is 10.3. The van der Waals surface area contributed by atoms with Crippen LogP contribution in [0, 0.1) is 0 Å². The van der Waals surface area contributed by atoms with E-state index in [1.807, 2.05) is 48.5 Å². The van der Waals surface area contributed by atoms with E-state index in [9.17, 15) is 4.79 Å². The number of rotatable bonds is 8. The first-order valence-corrected chi connectivity index (χ1v) is 10.3. The number of carbonyl (C=O) groups is 1. The number of ether oxygens (including phenoxy) is 2. The van der Waals surface area contributed by atoms with Crippen LogP contribution >= 0.6 is 31.9 Å². The smallest absolute Gasteiger partial charge is 0.262 e. The monoisotopic (exact) mass is 503 g/mol. The lowest BCUT2D eigenvalue weighted by Gasteiger charge is -2.11. The number of halogens is 2. The highest BCUT2D eigenvalue weighted by atomic mass is 79.9. The summed E-state index contributed by atoms with van der Waals surface area (Å²) in [5.74, 6) is 1.08. The zero-order valence-electron chi connectivity index (χ0n) is 15.0. The lowest BCUT2D eigenvalue weighted by atomic mass is 10.2. The molecule has 0 aromatic heterocycles. The summed E-state index contributed by atoms with van der Waals surface area (Å²) in [4.78, 5) is 12.2. The molecular weight excluding hydrogens is 486 g/mol. The third-order valence-electron chi connectivity index (χ3n) is 3.87. The number of benzene rings is 3. The van der Waals surface area contributed by atoms with Crippen molar-refractivity contribution in [3.63, 3.8) is 0 Å². The minimum Gasteiger partial charge on any atom is -0.493 e. The maximum atomic E-state index is 12.2. The third-order valence-corrected chi connectivity index (χ3v) is 4.99. The Morgan fingerprint density at radius 3 is 2.50 bits per heavy atom. The summed E-state index contributed by atoms with van der Waals surface area (Å²) in [5, 5.41) is 2.82. The maximum Gasteiger partial charge on any atom is 0.262 e. The van der Waals surface area contributed by atoms with Crippen LogP contribution in [0.3, 0.4) is 0 Å². The van der Waals surface area contributed by atoms with Gasteiger partial charge in [-0.1, -0.05) is 52.3 Å². The summed E-state index contributed by atoms with van der Waals surface area (Å²) >= 11 is 6.79. The van der Waals surface area contributed by atoms with E-state index >= 15 is 0 Å². The summed E-state index contributed by atoms with van der Waals surface area (Å²) in [6.07, 6.45) is 0.827. The molecule has 3 aromatic carbocycles. The second-order valence-corrected chi connectivity index (χ2v) is 7.79. The predicted molar refractivity (Wildman–Crippen MR) is 118 cm³/mol. The molecule has 3 aromatic rings. The van der Waals surface area contributed by atoms with Crippen LogP contribution < -0.4 is 14.8 Å². The van der Waals surface area contributed by atoms with E-state index in [1.165, 1.54) is 5.56 Å². The van der Waals surface area contributed by atoms with Crippen molar-refractivity contribution in [1.29, 1.82) is 0 Å². The molecule has 0 aliphatic heterocycles. The highest BCUT2D eigenvalue weighted by molar-refractivity contribution is 9.11. The van der Waals surface area contributed by atoms with Gasteiger partial charge in [0.05, 0.1) is 11.1 Å². The van der Waals surface area contributed by atoms with Crippen molar-refractivity contribution < 1.29 is 14.3 Å². The van der Waals surface area contributed by atoms with Crippen molar-refractivity contribution in [2.24, 2.45) is 0 Å². The average molecular weight is 505 g/mol. The number of carbonyl (C=O) groups excluding carboxylic acids is 1. The molecule has 6 heteroatoms. The minimum absolute atomic E-state index is 0.0840. The summed E-state index contributed by atoms with van der Waals surface area (Å²) in [7, 11) is 0. The number of hydrogen-bond donors (Lipinski definition) is 1. The van der Waals surface area contributed by atoms with Crippen molar-refractivity contribution in [3.05, 3.63) is 87.3 Å². The van der Waals surface area contributed by atoms with Crippen LogP contribution in [0.5, 0.6) is 11.5 Å². The lowest BCUT2D eigenvalue weighted by Crippen LogP contribution is -2.20. The molecule has 1 amide bonds. The van der Waals surface area contributed by atoms with Crippen LogP contribution in [0.1, 0.15) is 5.56 Å². The first kappa shape index (κ1) is 20.4. The SMILES string of the molecule is O=C(COc1ccc(Br)cc1Br)Nc1cccc(OCCc2ccccc2)c1. The molecule has 0 radical (unpaired) electrons. The molecule has 4 nitrogen and oxygen atoms in total. The molecule has 0 saturated carbocycles. The quantitative estimate of drug-likeness (QED) is 0.418. The van der Waals surface area contributed by atoms with Gasteiger partial charge in [-0.25, -0.2) is 0 Å². The van der Waals surface area contributed by atoms with E-state index in [0.717, 1.165) is 15.4 Å². The Bertz CT molecular complexity index is 932. The molecule has 0 aliphatic rings. The summed E-state index contributed by atoms with van der Waals surface area (Å²) in [6.45, 7) is 0.488. The van der Waals surface area contributed by atoms with Crippen LogP contribution in [0.2, 0.25) is 0 Å². The Morgan fingerprint density at radius 1 is 0.893 bits per heavy atom. The van der Waals surface area contributed by atoms with Gasteiger partial charge in [0, 0.05) is 22.6 Å². The Labute approximate surface area is 181 Å². The van der Waals surface area contributed by atoms with Crippen LogP contribution in [0.25, 0.3) is 0 Å². The van der Waals surface area contributed by atoms with Gasteiger partial charge in [0.25, 0.3) is 5.91 Å². The van der Waals surface area contributed by atoms with Gasteiger partial charge in [-0.3, -0.25) is 4.79 Å². The first-order valence-electron chi connectivity index (χ1n) is 8.74. The Morgan fingerprint density at radius 2 is 1.71 bits per heavy atom. The van der Waals surface area contributed by atoms with Crippen LogP contribution in [0.15, 0.2) is 81.7 Å². The van der Waals surface area contributed by atoms with Crippen molar-refractivity contribution in [2.75, 3.05) is 18.5 Å². The summed E-state index contributed by atoms with van der Waals surface area (Å²) in [5.41, 5.74) is 1.89. The molecule has 0 unspecified atom stereocenters. The molecule has 0 aliphatic carbocycles. The van der Waals surface area contributed by atoms with Gasteiger partial charge >= 0.3 is 0 Å². The van der Waals surface area contributed by atoms with Crippen molar-refractivity contribution in [1.82, 2.24) is 0 Å². The topological polar surface area (TPSA) is 47.6 Å². The van der Waals surface area contributed by atoms with E-state index in [2.05, 4.69) is 49.3 Å². The lowest BCUT2D eigenvalue weighted by molar-refractivity contribution is -0.118. The minimum atomic E-state index is -0.240. The van der Waals surface area contributed by atoms with E-state index in [0.29, 0.717) is 23.8 Å². The first-order chi connectivity index (χ1) is 13.6. The number of hydrogen-bond acceptors (Lipinski definition) is 3. The highest BCUT2D eigenvalue weighted by Crippen LogP contribution is 2.28. The standard InChI is InChI=1S/C22H19Br2NO3/c23-17-9-10-21(20(24)13-17)28-15-22(26)25-18-7-4-8-19(14-18)27-12-11-16-5-2-1-3-6-16/h1-10,13-14H,11-12,15H2,(H,25,26). The maximum absolute atomic E-state index is 12.2. The highest BCUT2D eigenvalue weighted by Gasteiger charge is 2.07. The second-order valence-electron chi connectivity index (χ2n) is 6.02. The molecule has 3 rings (SSSR count). The van der Waals surface area contributed by atoms with Gasteiger partial charge < -0.3 is 14.8 Å². The zero-order chi connectivity index (χ0) is 19.8. The van der Waals surface area contributed by atoms with E-state index in [4.69, 9.17) is 9.47 Å². The zero-order valence-corrected chi connectivity index (χ0v) is 18.2. The molecule has 144 valence electrons. The molecule has 0 fully saturated rings. The summed E-state index contributed by atoms with van der Waals surface area (Å²) < 4.78 is 13.1. The van der Waals surface area contributed by atoms with Gasteiger partial charge in [-0.2, -0.15) is 0 Å². The van der Waals surface area contributed by atoms with Gasteiger partial charge in [-0.05, 0) is 51.8 Å². The Balaban J connectivity index is 1.48. The normalized spacial score (nSPS) is 10.4. The van der Waals surface area contributed by atoms with E-state index in [1.54, 1.807) is 12.1 Å². The molecule has 0 spiro atoms. The van der Waals surface area contributed by atoms with Gasteiger partial charge in [0.15, 0.2) is 6.61 Å². The Hall–Kier alpha value is -2.31. The average Bonchev–Trinajstić information content (AvgIpc) is 2.68. The van der Waals surface area contributed by atoms with Gasteiger partial charge in [-0.15, -0.1) is 0 Å². The van der Waals surface area contributed by atoms with Crippen molar-refractivity contribution >= 4 is 43.5 Å². The number of nitrogens with one attached hydrogen (secondary N) is 1. The Kier molecular flexibility index (Phi) is 7.51. The van der Waals surface area contributed by atoms with E-state index in [-0.39, 0.29) is 12.5 Å².